The number of hydrogen-bond donors (Lipinski definition) is 2. The molecule has 2 aliphatic rings. The fraction of sp³-hybridized carbons (Fsp3) is 0.917. The third kappa shape index (κ3) is 3.68. The summed E-state index contributed by atoms with van der Waals surface area (Å²) in [6, 6.07) is 0.0401. The number of carbonyl (C=O) groups excluding carboxylic acids is 1. The largest absolute Gasteiger partial charge is 0.353 e. The molecule has 0 aromatic carbocycles. The topological polar surface area (TPSA) is 75.3 Å². The van der Waals surface area contributed by atoms with Crippen LogP contribution >= 0.6 is 0 Å². The lowest BCUT2D eigenvalue weighted by Gasteiger charge is -2.30. The molecular formula is C12H22N2O3S. The van der Waals surface area contributed by atoms with Crippen LogP contribution in [0.2, 0.25) is 0 Å². The van der Waals surface area contributed by atoms with E-state index in [1.165, 1.54) is 0 Å². The van der Waals surface area contributed by atoms with Gasteiger partial charge in [0.25, 0.3) is 0 Å². The zero-order chi connectivity index (χ0) is 13.2. The van der Waals surface area contributed by atoms with Crippen molar-refractivity contribution >= 4 is 15.7 Å². The molecule has 2 heterocycles. The zero-order valence-electron chi connectivity index (χ0n) is 10.8. The van der Waals surface area contributed by atoms with Crippen LogP contribution in [0.5, 0.6) is 0 Å². The van der Waals surface area contributed by atoms with E-state index in [9.17, 15) is 13.2 Å². The minimum atomic E-state index is -2.85. The van der Waals surface area contributed by atoms with Crippen LogP contribution < -0.4 is 10.6 Å². The molecule has 6 heteroatoms. The fourth-order valence-electron chi connectivity index (χ4n) is 2.71. The molecule has 2 fully saturated rings. The Hall–Kier alpha value is -0.620. The molecule has 0 aliphatic carbocycles. The summed E-state index contributed by atoms with van der Waals surface area (Å²) in [5.41, 5.74) is 0. The van der Waals surface area contributed by atoms with Crippen molar-refractivity contribution in [1.29, 1.82) is 0 Å². The summed E-state index contributed by atoms with van der Waals surface area (Å²) in [4.78, 5) is 12.1. The molecule has 2 N–H and O–H groups in total. The first-order valence-corrected chi connectivity index (χ1v) is 8.50. The van der Waals surface area contributed by atoms with Crippen molar-refractivity contribution in [2.75, 3.05) is 24.6 Å². The normalized spacial score (nSPS) is 32.9. The molecule has 0 spiro atoms. The second kappa shape index (κ2) is 5.57. The number of amides is 1. The second-order valence-corrected chi connectivity index (χ2v) is 7.93. The first-order valence-electron chi connectivity index (χ1n) is 6.68. The zero-order valence-corrected chi connectivity index (χ0v) is 11.6. The highest BCUT2D eigenvalue weighted by atomic mass is 32.2. The maximum absolute atomic E-state index is 12.1. The Kier molecular flexibility index (Phi) is 4.27. The van der Waals surface area contributed by atoms with E-state index in [1.54, 1.807) is 0 Å². The quantitative estimate of drug-likeness (QED) is 0.739. The van der Waals surface area contributed by atoms with Crippen molar-refractivity contribution in [3.8, 4) is 0 Å². The van der Waals surface area contributed by atoms with Gasteiger partial charge in [0.2, 0.25) is 5.91 Å². The molecule has 5 nitrogen and oxygen atoms in total. The summed E-state index contributed by atoms with van der Waals surface area (Å²) >= 11 is 0. The van der Waals surface area contributed by atoms with Gasteiger partial charge in [0, 0.05) is 12.6 Å². The highest BCUT2D eigenvalue weighted by Crippen LogP contribution is 2.18. The molecule has 2 aliphatic heterocycles. The molecule has 0 aromatic rings. The van der Waals surface area contributed by atoms with Crippen molar-refractivity contribution in [2.45, 2.75) is 32.2 Å². The van der Waals surface area contributed by atoms with Gasteiger partial charge < -0.3 is 10.6 Å². The fourth-order valence-corrected chi connectivity index (χ4v) is 4.20. The number of carbonyl (C=O) groups is 1. The standard InChI is InChI=1S/C12H22N2O3S/c1-9-6-10(8-13-7-9)12(15)14-11-2-4-18(16,17)5-3-11/h9-11,13H,2-8H2,1H3,(H,14,15). The van der Waals surface area contributed by atoms with Crippen LogP contribution in [0.15, 0.2) is 0 Å². The lowest BCUT2D eigenvalue weighted by atomic mass is 9.91. The maximum Gasteiger partial charge on any atom is 0.224 e. The lowest BCUT2D eigenvalue weighted by molar-refractivity contribution is -0.126. The number of piperidine rings is 1. The summed E-state index contributed by atoms with van der Waals surface area (Å²) in [5.74, 6) is 1.06. The molecule has 0 saturated carbocycles. The van der Waals surface area contributed by atoms with E-state index in [0.29, 0.717) is 18.8 Å². The monoisotopic (exact) mass is 274 g/mol. The van der Waals surface area contributed by atoms with Crippen LogP contribution in [0.1, 0.15) is 26.2 Å². The predicted octanol–water partition coefficient (Wildman–Crippen LogP) is -0.0746. The number of nitrogens with one attached hydrogen (secondary N) is 2. The van der Waals surface area contributed by atoms with Crippen LogP contribution in [0.3, 0.4) is 0 Å². The van der Waals surface area contributed by atoms with E-state index in [-0.39, 0.29) is 29.4 Å². The molecule has 2 rings (SSSR count). The van der Waals surface area contributed by atoms with Gasteiger partial charge >= 0.3 is 0 Å². The Morgan fingerprint density at radius 1 is 1.22 bits per heavy atom. The van der Waals surface area contributed by atoms with Crippen molar-refractivity contribution < 1.29 is 13.2 Å². The van der Waals surface area contributed by atoms with E-state index in [0.717, 1.165) is 19.5 Å². The van der Waals surface area contributed by atoms with Crippen LogP contribution in [0.4, 0.5) is 0 Å². The van der Waals surface area contributed by atoms with Crippen molar-refractivity contribution in [1.82, 2.24) is 10.6 Å². The van der Waals surface area contributed by atoms with Crippen molar-refractivity contribution in [3.63, 3.8) is 0 Å². The van der Waals surface area contributed by atoms with Crippen LogP contribution in [0, 0.1) is 11.8 Å². The van der Waals surface area contributed by atoms with Gasteiger partial charge in [0.1, 0.15) is 9.84 Å². The minimum absolute atomic E-state index is 0.0345. The summed E-state index contributed by atoms with van der Waals surface area (Å²) in [5, 5.41) is 6.26. The Morgan fingerprint density at radius 2 is 1.89 bits per heavy atom. The Labute approximate surface area is 109 Å². The lowest BCUT2D eigenvalue weighted by Crippen LogP contribution is -2.48. The summed E-state index contributed by atoms with van der Waals surface area (Å²) in [6.07, 6.45) is 2.04. The van der Waals surface area contributed by atoms with Crippen molar-refractivity contribution in [2.24, 2.45) is 11.8 Å². The molecular weight excluding hydrogens is 252 g/mol. The van der Waals surface area contributed by atoms with Gasteiger partial charge in [-0.05, 0) is 31.7 Å². The molecule has 18 heavy (non-hydrogen) atoms. The Balaban J connectivity index is 1.81. The summed E-state index contributed by atoms with van der Waals surface area (Å²) < 4.78 is 22.6. The molecule has 0 bridgehead atoms. The average molecular weight is 274 g/mol. The first-order chi connectivity index (χ1) is 8.46. The van der Waals surface area contributed by atoms with E-state index in [4.69, 9.17) is 0 Å². The minimum Gasteiger partial charge on any atom is -0.353 e. The molecule has 0 aromatic heterocycles. The van der Waals surface area contributed by atoms with Crippen LogP contribution in [-0.4, -0.2) is 45.0 Å². The molecule has 2 saturated heterocycles. The average Bonchev–Trinajstić information content (AvgIpc) is 2.32. The number of sulfone groups is 1. The van der Waals surface area contributed by atoms with Gasteiger partial charge in [-0.25, -0.2) is 8.42 Å². The van der Waals surface area contributed by atoms with E-state index in [1.807, 2.05) is 0 Å². The van der Waals surface area contributed by atoms with Crippen LogP contribution in [0.25, 0.3) is 0 Å². The Bertz CT molecular complexity index is 394. The second-order valence-electron chi connectivity index (χ2n) is 5.63. The van der Waals surface area contributed by atoms with E-state index >= 15 is 0 Å². The van der Waals surface area contributed by atoms with Crippen molar-refractivity contribution in [3.05, 3.63) is 0 Å². The van der Waals surface area contributed by atoms with Gasteiger partial charge in [-0.2, -0.15) is 0 Å². The summed E-state index contributed by atoms with van der Waals surface area (Å²) in [6.45, 7) is 3.85. The highest BCUT2D eigenvalue weighted by Gasteiger charge is 2.29. The summed E-state index contributed by atoms with van der Waals surface area (Å²) in [7, 11) is -2.85. The Morgan fingerprint density at radius 3 is 2.50 bits per heavy atom. The number of rotatable bonds is 2. The van der Waals surface area contributed by atoms with Gasteiger partial charge in [-0.1, -0.05) is 6.92 Å². The number of hydrogen-bond acceptors (Lipinski definition) is 4. The van der Waals surface area contributed by atoms with Gasteiger partial charge in [0.05, 0.1) is 17.4 Å². The van der Waals surface area contributed by atoms with Crippen LogP contribution in [-0.2, 0) is 14.6 Å². The first kappa shape index (κ1) is 13.8. The van der Waals surface area contributed by atoms with Gasteiger partial charge in [0.15, 0.2) is 0 Å². The maximum atomic E-state index is 12.1. The third-order valence-corrected chi connectivity index (χ3v) is 5.56. The molecule has 1 amide bonds. The third-order valence-electron chi connectivity index (χ3n) is 3.84. The smallest absolute Gasteiger partial charge is 0.224 e. The predicted molar refractivity (Wildman–Crippen MR) is 70.0 cm³/mol. The molecule has 2 atom stereocenters. The highest BCUT2D eigenvalue weighted by molar-refractivity contribution is 7.91. The van der Waals surface area contributed by atoms with E-state index in [2.05, 4.69) is 17.6 Å². The SMILES string of the molecule is CC1CNCC(C(=O)NC2CCS(=O)(=O)CC2)C1. The van der Waals surface area contributed by atoms with Gasteiger partial charge in [-0.3, -0.25) is 4.79 Å². The van der Waals surface area contributed by atoms with E-state index < -0.39 is 9.84 Å². The molecule has 0 radical (unpaired) electrons. The van der Waals surface area contributed by atoms with Gasteiger partial charge in [-0.15, -0.1) is 0 Å². The molecule has 2 unspecified atom stereocenters. The molecule has 104 valence electrons.